The topological polar surface area (TPSA) is 116 Å². The van der Waals surface area contributed by atoms with E-state index in [0.717, 1.165) is 31.9 Å². The summed E-state index contributed by atoms with van der Waals surface area (Å²) < 4.78 is 12.7. The second kappa shape index (κ2) is 7.78. The molecule has 2 aliphatic carbocycles. The van der Waals surface area contributed by atoms with Crippen LogP contribution in [-0.4, -0.2) is 57.9 Å². The molecular formula is C25H25N3O5. The highest BCUT2D eigenvalue weighted by atomic mass is 16.6. The molecule has 1 saturated heterocycles. The van der Waals surface area contributed by atoms with Crippen LogP contribution in [0.1, 0.15) is 30.0 Å². The number of hydrogen-bond acceptors (Lipinski definition) is 7. The Morgan fingerprint density at radius 3 is 2.91 bits per heavy atom. The van der Waals surface area contributed by atoms with Crippen molar-refractivity contribution in [2.75, 3.05) is 13.6 Å². The van der Waals surface area contributed by atoms with Crippen LogP contribution in [0.4, 0.5) is 0 Å². The molecule has 0 amide bonds. The number of carboxylic acids is 1. The van der Waals surface area contributed by atoms with Crippen LogP contribution in [0.3, 0.4) is 0 Å². The van der Waals surface area contributed by atoms with Crippen molar-refractivity contribution in [3.8, 4) is 23.4 Å². The summed E-state index contributed by atoms with van der Waals surface area (Å²) in [5.74, 6) is 0.599. The van der Waals surface area contributed by atoms with Crippen molar-refractivity contribution in [1.82, 2.24) is 9.88 Å². The number of likely N-dealkylation sites (N-methyl/N-ethyl adjacent to an activating group) is 1. The Hall–Kier alpha value is -3.57. The average molecular weight is 447 g/mol. The fraction of sp³-hybridized carbons (Fsp3) is 0.400. The monoisotopic (exact) mass is 447 g/mol. The van der Waals surface area contributed by atoms with Crippen molar-refractivity contribution < 1.29 is 24.5 Å². The zero-order chi connectivity index (χ0) is 23.3. The number of aliphatic carboxylic acids is 1. The van der Waals surface area contributed by atoms with Gasteiger partial charge in [0, 0.05) is 36.1 Å². The van der Waals surface area contributed by atoms with Gasteiger partial charge in [0.05, 0.1) is 0 Å². The Labute approximate surface area is 191 Å². The van der Waals surface area contributed by atoms with E-state index in [9.17, 15) is 10.4 Å². The third-order valence-corrected chi connectivity index (χ3v) is 7.27. The molecule has 4 aliphatic rings. The highest BCUT2D eigenvalue weighted by Crippen LogP contribution is 2.62. The summed E-state index contributed by atoms with van der Waals surface area (Å²) in [5, 5.41) is 27.4. The fourth-order valence-corrected chi connectivity index (χ4v) is 6.02. The van der Waals surface area contributed by atoms with Crippen LogP contribution in [0.15, 0.2) is 42.6 Å². The first-order valence-electron chi connectivity index (χ1n) is 11.0. The van der Waals surface area contributed by atoms with Crippen LogP contribution >= 0.6 is 0 Å². The number of phenols is 1. The first-order chi connectivity index (χ1) is 15.9. The molecule has 6 rings (SSSR count). The van der Waals surface area contributed by atoms with Gasteiger partial charge in [0.2, 0.25) is 5.88 Å². The summed E-state index contributed by atoms with van der Waals surface area (Å²) in [4.78, 5) is 15.7. The van der Waals surface area contributed by atoms with Gasteiger partial charge in [0.1, 0.15) is 17.7 Å². The quantitative estimate of drug-likeness (QED) is 0.675. The van der Waals surface area contributed by atoms with E-state index in [-0.39, 0.29) is 23.4 Å². The maximum absolute atomic E-state index is 10.6. The van der Waals surface area contributed by atoms with Gasteiger partial charge >= 0.3 is 0 Å². The summed E-state index contributed by atoms with van der Waals surface area (Å²) in [6.07, 6.45) is 7.21. The average Bonchev–Trinajstić information content (AvgIpc) is 3.14. The van der Waals surface area contributed by atoms with Crippen LogP contribution in [-0.2, 0) is 16.6 Å². The lowest BCUT2D eigenvalue weighted by atomic mass is 9.53. The van der Waals surface area contributed by atoms with Gasteiger partial charge < -0.3 is 24.6 Å². The molecule has 33 heavy (non-hydrogen) atoms. The summed E-state index contributed by atoms with van der Waals surface area (Å²) in [7, 11) is 2.19. The first kappa shape index (κ1) is 21.3. The molecule has 1 fully saturated rings. The summed E-state index contributed by atoms with van der Waals surface area (Å²) in [6, 6.07) is 9.77. The zero-order valence-corrected chi connectivity index (χ0v) is 18.4. The van der Waals surface area contributed by atoms with Crippen molar-refractivity contribution in [1.29, 1.82) is 5.26 Å². The number of hydrogen-bond donors (Lipinski definition) is 2. The maximum atomic E-state index is 10.6. The lowest BCUT2D eigenvalue weighted by Gasteiger charge is -2.56. The van der Waals surface area contributed by atoms with Gasteiger partial charge in [-0.2, -0.15) is 5.26 Å². The summed E-state index contributed by atoms with van der Waals surface area (Å²) in [6.45, 7) is 2.06. The third kappa shape index (κ3) is 3.15. The van der Waals surface area contributed by atoms with Gasteiger partial charge in [-0.3, -0.25) is 4.79 Å². The first-order valence-corrected chi connectivity index (χ1v) is 11.0. The third-order valence-electron chi connectivity index (χ3n) is 7.27. The SMILES string of the molecule is CC(=O)O.CN1CC[C@]23c4c5ccc(O)c4O[C@H]2[C@@H](Oc2ncccc2C#N)C=C[C@H]3[C@H]1C5. The van der Waals surface area contributed by atoms with E-state index < -0.39 is 5.97 Å². The summed E-state index contributed by atoms with van der Waals surface area (Å²) >= 11 is 0. The van der Waals surface area contributed by atoms with E-state index in [1.807, 2.05) is 6.07 Å². The Bertz CT molecular complexity index is 1190. The molecule has 8 heteroatoms. The minimum Gasteiger partial charge on any atom is -0.504 e. The molecule has 0 unspecified atom stereocenters. The number of aromatic nitrogens is 1. The number of nitrogens with zero attached hydrogens (tertiary/aromatic N) is 3. The van der Waals surface area contributed by atoms with Crippen LogP contribution in [0.25, 0.3) is 0 Å². The number of ether oxygens (including phenoxy) is 2. The second-order valence-electron chi connectivity index (χ2n) is 9.01. The predicted octanol–water partition coefficient (Wildman–Crippen LogP) is 2.64. The van der Waals surface area contributed by atoms with Gasteiger partial charge in [0.15, 0.2) is 17.6 Å². The molecule has 2 N–H and O–H groups in total. The lowest BCUT2D eigenvalue weighted by molar-refractivity contribution is -0.134. The minimum atomic E-state index is -0.833. The molecule has 0 saturated carbocycles. The molecule has 2 aliphatic heterocycles. The van der Waals surface area contributed by atoms with Crippen molar-refractivity contribution in [3.05, 3.63) is 59.3 Å². The van der Waals surface area contributed by atoms with Gasteiger partial charge in [-0.05, 0) is 56.3 Å². The number of carbonyl (C=O) groups is 1. The Kier molecular flexibility index (Phi) is 5.02. The van der Waals surface area contributed by atoms with E-state index >= 15 is 0 Å². The standard InChI is InChI=1S/C23H21N3O3.C2H4O2/c1-26-10-8-23-15-5-7-18(28-22-14(12-24)3-2-9-25-22)21(23)29-20-17(27)6-4-13(19(20)23)11-16(15)26;1-2(3)4/h2-7,9,15-16,18,21,27H,8,10-11H2,1H3;1H3,(H,3,4)/t15-,16+,18-,21-,23-;/m0./s1. The molecule has 1 aromatic carbocycles. The van der Waals surface area contributed by atoms with Crippen LogP contribution < -0.4 is 9.47 Å². The molecule has 3 heterocycles. The van der Waals surface area contributed by atoms with E-state index in [2.05, 4.69) is 35.2 Å². The van der Waals surface area contributed by atoms with Crippen LogP contribution in [0.5, 0.6) is 17.4 Å². The van der Waals surface area contributed by atoms with Crippen LogP contribution in [0.2, 0.25) is 0 Å². The number of benzene rings is 1. The zero-order valence-electron chi connectivity index (χ0n) is 18.4. The number of rotatable bonds is 2. The molecule has 2 bridgehead atoms. The number of carboxylic acid groups (broad SMARTS) is 1. The predicted molar refractivity (Wildman–Crippen MR) is 118 cm³/mol. The number of piperidine rings is 1. The molecule has 1 aromatic heterocycles. The number of phenolic OH excluding ortho intramolecular Hbond substituents is 1. The fourth-order valence-electron chi connectivity index (χ4n) is 6.02. The molecule has 5 atom stereocenters. The Morgan fingerprint density at radius 1 is 1.36 bits per heavy atom. The van der Waals surface area contributed by atoms with Crippen molar-refractivity contribution in [2.45, 2.75) is 43.4 Å². The van der Waals surface area contributed by atoms with Gasteiger partial charge in [-0.1, -0.05) is 12.1 Å². The molecule has 1 spiro atoms. The van der Waals surface area contributed by atoms with Gasteiger partial charge in [-0.15, -0.1) is 0 Å². The largest absolute Gasteiger partial charge is 0.504 e. The number of nitriles is 1. The number of likely N-dealkylation sites (tertiary alicyclic amines) is 1. The molecule has 0 radical (unpaired) electrons. The number of pyridine rings is 1. The van der Waals surface area contributed by atoms with Crippen LogP contribution in [0, 0.1) is 17.2 Å². The number of aromatic hydroxyl groups is 1. The molecule has 8 nitrogen and oxygen atoms in total. The maximum Gasteiger partial charge on any atom is 0.300 e. The highest BCUT2D eigenvalue weighted by Gasteiger charge is 2.65. The minimum absolute atomic E-state index is 0.193. The Morgan fingerprint density at radius 2 is 2.15 bits per heavy atom. The van der Waals surface area contributed by atoms with Crippen molar-refractivity contribution in [2.24, 2.45) is 5.92 Å². The second-order valence-corrected chi connectivity index (χ2v) is 9.01. The Balaban J connectivity index is 0.000000531. The molecular weight excluding hydrogens is 422 g/mol. The normalized spacial score (nSPS) is 30.2. The van der Waals surface area contributed by atoms with E-state index in [1.54, 1.807) is 24.4 Å². The van der Waals surface area contributed by atoms with E-state index in [1.165, 1.54) is 5.56 Å². The van der Waals surface area contributed by atoms with Gasteiger partial charge in [0.25, 0.3) is 5.97 Å². The smallest absolute Gasteiger partial charge is 0.300 e. The van der Waals surface area contributed by atoms with Crippen molar-refractivity contribution in [3.63, 3.8) is 0 Å². The highest BCUT2D eigenvalue weighted by molar-refractivity contribution is 5.63. The lowest BCUT2D eigenvalue weighted by Crippen LogP contribution is -2.65. The van der Waals surface area contributed by atoms with E-state index in [0.29, 0.717) is 29.2 Å². The van der Waals surface area contributed by atoms with Gasteiger partial charge in [-0.25, -0.2) is 4.98 Å². The van der Waals surface area contributed by atoms with E-state index in [4.69, 9.17) is 19.4 Å². The molecule has 170 valence electrons. The summed E-state index contributed by atoms with van der Waals surface area (Å²) in [5.41, 5.74) is 2.61. The van der Waals surface area contributed by atoms with Crippen molar-refractivity contribution >= 4 is 5.97 Å². The molecule has 2 aromatic rings.